The third-order valence-electron chi connectivity index (χ3n) is 3.38. The highest BCUT2D eigenvalue weighted by Crippen LogP contribution is 2.30. The third kappa shape index (κ3) is 4.63. The van der Waals surface area contributed by atoms with Crippen molar-refractivity contribution in [1.29, 1.82) is 0 Å². The zero-order valence-electron chi connectivity index (χ0n) is 11.9. The van der Waals surface area contributed by atoms with E-state index in [0.717, 1.165) is 31.5 Å². The molecule has 1 aliphatic carbocycles. The number of nitrogens with two attached hydrogens (primary N) is 1. The van der Waals surface area contributed by atoms with E-state index in [0.29, 0.717) is 0 Å². The topological polar surface area (TPSA) is 58.4 Å². The van der Waals surface area contributed by atoms with E-state index in [2.05, 4.69) is 16.3 Å². The maximum absolute atomic E-state index is 12.0. The van der Waals surface area contributed by atoms with Crippen molar-refractivity contribution in [3.8, 4) is 0 Å². The fourth-order valence-corrected chi connectivity index (χ4v) is 2.15. The van der Waals surface area contributed by atoms with Gasteiger partial charge < -0.3 is 16.0 Å². The largest absolute Gasteiger partial charge is 0.324 e. The molecule has 6 heteroatoms. The molecule has 1 saturated carbocycles. The van der Waals surface area contributed by atoms with Crippen LogP contribution in [0.1, 0.15) is 24.8 Å². The van der Waals surface area contributed by atoms with Crippen LogP contribution in [0.15, 0.2) is 24.3 Å². The maximum Gasteiger partial charge on any atom is 0.244 e. The van der Waals surface area contributed by atoms with Gasteiger partial charge in [-0.2, -0.15) is 0 Å². The number of benzene rings is 1. The van der Waals surface area contributed by atoms with Crippen LogP contribution in [0.3, 0.4) is 0 Å². The highest BCUT2D eigenvalue weighted by Gasteiger charge is 2.40. The Kier molecular flexibility index (Phi) is 7.52. The smallest absolute Gasteiger partial charge is 0.244 e. The van der Waals surface area contributed by atoms with Gasteiger partial charge in [0.25, 0.3) is 0 Å². The van der Waals surface area contributed by atoms with Crippen molar-refractivity contribution in [3.05, 3.63) is 29.8 Å². The summed E-state index contributed by atoms with van der Waals surface area (Å²) in [6.45, 7) is 0.859. The molecule has 0 spiro atoms. The standard InChI is InChI=1S/C14H21N3O.2ClH/c1-17(2)10-11-5-3-6-12(9-11)16-13(18)14(15)7-4-8-14;;/h3,5-6,9H,4,7-8,10,15H2,1-2H3,(H,16,18);2*1H. The molecule has 3 N–H and O–H groups in total. The molecule has 1 aromatic carbocycles. The normalized spacial score (nSPS) is 15.6. The highest BCUT2D eigenvalue weighted by molar-refractivity contribution is 5.98. The lowest BCUT2D eigenvalue weighted by Gasteiger charge is -2.36. The second kappa shape index (κ2) is 7.84. The second-order valence-corrected chi connectivity index (χ2v) is 5.40. The Balaban J connectivity index is 0.00000180. The van der Waals surface area contributed by atoms with Gasteiger partial charge in [0, 0.05) is 12.2 Å². The zero-order chi connectivity index (χ0) is 13.2. The van der Waals surface area contributed by atoms with E-state index in [1.807, 2.05) is 32.3 Å². The first-order valence-corrected chi connectivity index (χ1v) is 6.34. The lowest BCUT2D eigenvalue weighted by Crippen LogP contribution is -2.56. The van der Waals surface area contributed by atoms with Crippen molar-refractivity contribution in [3.63, 3.8) is 0 Å². The van der Waals surface area contributed by atoms with Crippen LogP contribution in [-0.4, -0.2) is 30.4 Å². The SMILES string of the molecule is CN(C)Cc1cccc(NC(=O)C2(N)CCC2)c1.Cl.Cl. The van der Waals surface area contributed by atoms with Crippen LogP contribution in [0.25, 0.3) is 0 Å². The van der Waals surface area contributed by atoms with Gasteiger partial charge in [0.15, 0.2) is 0 Å². The molecule has 1 fully saturated rings. The van der Waals surface area contributed by atoms with Crippen LogP contribution in [0.5, 0.6) is 0 Å². The Hall–Kier alpha value is -0.810. The molecule has 0 aromatic heterocycles. The molecule has 0 radical (unpaired) electrons. The molecule has 114 valence electrons. The van der Waals surface area contributed by atoms with Gasteiger partial charge in [-0.3, -0.25) is 4.79 Å². The number of carbonyl (C=O) groups excluding carboxylic acids is 1. The highest BCUT2D eigenvalue weighted by atomic mass is 35.5. The van der Waals surface area contributed by atoms with Gasteiger partial charge in [-0.15, -0.1) is 24.8 Å². The lowest BCUT2D eigenvalue weighted by atomic mass is 9.77. The summed E-state index contributed by atoms with van der Waals surface area (Å²) in [6.07, 6.45) is 2.62. The van der Waals surface area contributed by atoms with E-state index in [4.69, 9.17) is 5.73 Å². The molecule has 0 bridgehead atoms. The molecule has 0 aliphatic heterocycles. The third-order valence-corrected chi connectivity index (χ3v) is 3.38. The second-order valence-electron chi connectivity index (χ2n) is 5.40. The summed E-state index contributed by atoms with van der Waals surface area (Å²) in [6, 6.07) is 7.91. The van der Waals surface area contributed by atoms with E-state index in [1.165, 1.54) is 5.56 Å². The number of carbonyl (C=O) groups is 1. The minimum Gasteiger partial charge on any atom is -0.324 e. The Morgan fingerprint density at radius 2 is 2.00 bits per heavy atom. The molecule has 0 saturated heterocycles. The van der Waals surface area contributed by atoms with Crippen molar-refractivity contribution in [2.24, 2.45) is 5.73 Å². The molecule has 4 nitrogen and oxygen atoms in total. The van der Waals surface area contributed by atoms with Crippen LogP contribution >= 0.6 is 24.8 Å². The molecule has 1 amide bonds. The van der Waals surface area contributed by atoms with Gasteiger partial charge in [0.05, 0.1) is 5.54 Å². The van der Waals surface area contributed by atoms with Crippen LogP contribution in [0, 0.1) is 0 Å². The van der Waals surface area contributed by atoms with Crippen LogP contribution in [0.2, 0.25) is 0 Å². The quantitative estimate of drug-likeness (QED) is 0.896. The van der Waals surface area contributed by atoms with Gasteiger partial charge in [0.1, 0.15) is 0 Å². The Bertz CT molecular complexity index is 448. The molecule has 1 aromatic rings. The van der Waals surface area contributed by atoms with E-state index in [-0.39, 0.29) is 30.7 Å². The first-order chi connectivity index (χ1) is 8.49. The van der Waals surface area contributed by atoms with Crippen molar-refractivity contribution in [2.75, 3.05) is 19.4 Å². The number of hydrogen-bond donors (Lipinski definition) is 2. The summed E-state index contributed by atoms with van der Waals surface area (Å²) in [5.74, 6) is -0.0595. The first-order valence-electron chi connectivity index (χ1n) is 6.34. The predicted molar refractivity (Wildman–Crippen MR) is 87.7 cm³/mol. The van der Waals surface area contributed by atoms with E-state index in [1.54, 1.807) is 0 Å². The summed E-state index contributed by atoms with van der Waals surface area (Å²) in [5.41, 5.74) is 7.36. The predicted octanol–water partition coefficient (Wildman–Crippen LogP) is 2.41. The average molecular weight is 320 g/mol. The van der Waals surface area contributed by atoms with Gasteiger partial charge in [-0.1, -0.05) is 12.1 Å². The van der Waals surface area contributed by atoms with Gasteiger partial charge in [-0.25, -0.2) is 0 Å². The van der Waals surface area contributed by atoms with Crippen molar-refractivity contribution in [1.82, 2.24) is 4.90 Å². The number of nitrogens with one attached hydrogen (secondary N) is 1. The molecule has 2 rings (SSSR count). The number of rotatable bonds is 4. The van der Waals surface area contributed by atoms with Crippen LogP contribution in [0.4, 0.5) is 5.69 Å². The van der Waals surface area contributed by atoms with Crippen molar-refractivity contribution < 1.29 is 4.79 Å². The number of anilines is 1. The minimum atomic E-state index is -0.641. The summed E-state index contributed by atoms with van der Waals surface area (Å²) >= 11 is 0. The number of halogens is 2. The monoisotopic (exact) mass is 319 g/mol. The Labute approximate surface area is 132 Å². The lowest BCUT2D eigenvalue weighted by molar-refractivity contribution is -0.123. The molecule has 0 unspecified atom stereocenters. The van der Waals surface area contributed by atoms with Gasteiger partial charge in [0.2, 0.25) is 5.91 Å². The zero-order valence-corrected chi connectivity index (χ0v) is 13.5. The summed E-state index contributed by atoms with van der Waals surface area (Å²) < 4.78 is 0. The summed E-state index contributed by atoms with van der Waals surface area (Å²) in [4.78, 5) is 14.1. The average Bonchev–Trinajstić information content (AvgIpc) is 2.25. The first kappa shape index (κ1) is 19.2. The van der Waals surface area contributed by atoms with E-state index < -0.39 is 5.54 Å². The molecular formula is C14H23Cl2N3O. The van der Waals surface area contributed by atoms with E-state index in [9.17, 15) is 4.79 Å². The Morgan fingerprint density at radius 1 is 1.35 bits per heavy atom. The molecular weight excluding hydrogens is 297 g/mol. The Morgan fingerprint density at radius 3 is 2.50 bits per heavy atom. The molecule has 20 heavy (non-hydrogen) atoms. The minimum absolute atomic E-state index is 0. The fourth-order valence-electron chi connectivity index (χ4n) is 2.15. The van der Waals surface area contributed by atoms with Gasteiger partial charge >= 0.3 is 0 Å². The van der Waals surface area contributed by atoms with Crippen molar-refractivity contribution >= 4 is 36.4 Å². The fraction of sp³-hybridized carbons (Fsp3) is 0.500. The van der Waals surface area contributed by atoms with Crippen LogP contribution < -0.4 is 11.1 Å². The number of hydrogen-bond acceptors (Lipinski definition) is 3. The molecule has 0 atom stereocenters. The van der Waals surface area contributed by atoms with Gasteiger partial charge in [-0.05, 0) is 51.1 Å². The maximum atomic E-state index is 12.0. The summed E-state index contributed by atoms with van der Waals surface area (Å²) in [5, 5.41) is 2.92. The number of nitrogens with zero attached hydrogens (tertiary/aromatic N) is 1. The molecule has 0 heterocycles. The van der Waals surface area contributed by atoms with Crippen LogP contribution in [-0.2, 0) is 11.3 Å². The molecule has 1 aliphatic rings. The summed E-state index contributed by atoms with van der Waals surface area (Å²) in [7, 11) is 4.04. The van der Waals surface area contributed by atoms with E-state index >= 15 is 0 Å². The van der Waals surface area contributed by atoms with Crippen molar-refractivity contribution in [2.45, 2.75) is 31.3 Å². The number of amides is 1.